The Labute approximate surface area is 167 Å². The first-order chi connectivity index (χ1) is 14.0. The van der Waals surface area contributed by atoms with Gasteiger partial charge in [0.1, 0.15) is 5.82 Å². The summed E-state index contributed by atoms with van der Waals surface area (Å²) in [6, 6.07) is 4.15. The van der Waals surface area contributed by atoms with E-state index in [1.54, 1.807) is 25.4 Å². The molecule has 29 heavy (non-hydrogen) atoms. The van der Waals surface area contributed by atoms with Gasteiger partial charge in [-0.25, -0.2) is 19.8 Å². The summed E-state index contributed by atoms with van der Waals surface area (Å²) in [5.41, 5.74) is 4.50. The molecule has 1 aromatic carbocycles. The van der Waals surface area contributed by atoms with Crippen LogP contribution in [0.25, 0.3) is 11.4 Å². The van der Waals surface area contributed by atoms with Gasteiger partial charge in [-0.05, 0) is 31.5 Å². The van der Waals surface area contributed by atoms with Crippen molar-refractivity contribution in [2.45, 2.75) is 13.8 Å². The molecule has 8 nitrogen and oxygen atoms in total. The lowest BCUT2D eigenvalue weighted by Gasteiger charge is -2.16. The van der Waals surface area contributed by atoms with Crippen LogP contribution in [0.1, 0.15) is 22.8 Å². The summed E-state index contributed by atoms with van der Waals surface area (Å²) < 4.78 is 19.9. The number of methoxy groups -OCH3 is 1. The zero-order valence-corrected chi connectivity index (χ0v) is 16.2. The average molecular weight is 397 g/mol. The van der Waals surface area contributed by atoms with E-state index in [2.05, 4.69) is 25.7 Å². The van der Waals surface area contributed by atoms with Crippen molar-refractivity contribution in [1.29, 1.82) is 0 Å². The quantitative estimate of drug-likeness (QED) is 0.590. The third-order valence-electron chi connectivity index (χ3n) is 3.92. The number of pyridine rings is 1. The highest BCUT2D eigenvalue weighted by Crippen LogP contribution is 2.38. The minimum atomic E-state index is -0.512. The van der Waals surface area contributed by atoms with Crippen LogP contribution in [0.15, 0.2) is 43.0 Å². The SMILES string of the molecule is CCONC(=O)c1cnccc1Nc1cc(F)cc(-c2ncc(C)cn2)c1OC. The molecule has 0 aliphatic heterocycles. The molecule has 0 bridgehead atoms. The second-order valence-corrected chi connectivity index (χ2v) is 6.03. The van der Waals surface area contributed by atoms with Crippen molar-refractivity contribution in [2.24, 2.45) is 0 Å². The van der Waals surface area contributed by atoms with E-state index in [0.717, 1.165) is 5.56 Å². The Morgan fingerprint density at radius 3 is 2.62 bits per heavy atom. The van der Waals surface area contributed by atoms with Crippen LogP contribution >= 0.6 is 0 Å². The topological polar surface area (TPSA) is 98.3 Å². The van der Waals surface area contributed by atoms with Gasteiger partial charge in [-0.1, -0.05) is 0 Å². The van der Waals surface area contributed by atoms with Crippen LogP contribution in [-0.2, 0) is 4.84 Å². The number of halogens is 1. The van der Waals surface area contributed by atoms with Crippen LogP contribution < -0.4 is 15.5 Å². The van der Waals surface area contributed by atoms with E-state index in [0.29, 0.717) is 35.1 Å². The number of aromatic nitrogens is 3. The van der Waals surface area contributed by atoms with Gasteiger partial charge in [0.05, 0.1) is 36.2 Å². The zero-order chi connectivity index (χ0) is 20.8. The van der Waals surface area contributed by atoms with Gasteiger partial charge in [0, 0.05) is 30.9 Å². The minimum absolute atomic E-state index is 0.223. The number of hydrogen-bond donors (Lipinski definition) is 2. The maximum absolute atomic E-state index is 14.4. The largest absolute Gasteiger partial charge is 0.494 e. The van der Waals surface area contributed by atoms with Gasteiger partial charge in [-0.2, -0.15) is 0 Å². The Hall–Kier alpha value is -3.59. The number of hydroxylamine groups is 1. The molecular weight excluding hydrogens is 377 g/mol. The van der Waals surface area contributed by atoms with Crippen molar-refractivity contribution in [2.75, 3.05) is 19.0 Å². The van der Waals surface area contributed by atoms with Gasteiger partial charge in [-0.15, -0.1) is 0 Å². The van der Waals surface area contributed by atoms with Crippen LogP contribution in [0.3, 0.4) is 0 Å². The molecular formula is C20H20FN5O3. The summed E-state index contributed by atoms with van der Waals surface area (Å²) in [5.74, 6) is -0.343. The van der Waals surface area contributed by atoms with E-state index in [-0.39, 0.29) is 5.56 Å². The molecule has 0 spiro atoms. The van der Waals surface area contributed by atoms with Crippen molar-refractivity contribution in [1.82, 2.24) is 20.4 Å². The summed E-state index contributed by atoms with van der Waals surface area (Å²) in [6.45, 7) is 3.92. The van der Waals surface area contributed by atoms with Crippen molar-refractivity contribution in [3.63, 3.8) is 0 Å². The van der Waals surface area contributed by atoms with Crippen molar-refractivity contribution < 1.29 is 18.8 Å². The molecule has 3 rings (SSSR count). The summed E-state index contributed by atoms with van der Waals surface area (Å²) in [7, 11) is 1.46. The smallest absolute Gasteiger partial charge is 0.278 e. The van der Waals surface area contributed by atoms with Crippen LogP contribution in [0.5, 0.6) is 5.75 Å². The van der Waals surface area contributed by atoms with Crippen molar-refractivity contribution in [3.05, 3.63) is 59.9 Å². The molecule has 0 radical (unpaired) electrons. The fourth-order valence-corrected chi connectivity index (χ4v) is 2.63. The maximum Gasteiger partial charge on any atom is 0.278 e. The highest BCUT2D eigenvalue weighted by Gasteiger charge is 2.18. The van der Waals surface area contributed by atoms with Gasteiger partial charge in [0.2, 0.25) is 0 Å². The summed E-state index contributed by atoms with van der Waals surface area (Å²) >= 11 is 0. The van der Waals surface area contributed by atoms with Gasteiger partial charge in [0.25, 0.3) is 5.91 Å². The number of aryl methyl sites for hydroxylation is 1. The summed E-state index contributed by atoms with van der Waals surface area (Å²) in [6.07, 6.45) is 6.17. The molecule has 0 fully saturated rings. The predicted octanol–water partition coefficient (Wildman–Crippen LogP) is 3.42. The lowest BCUT2D eigenvalue weighted by Crippen LogP contribution is -2.24. The number of carbonyl (C=O) groups excluding carboxylic acids is 1. The molecule has 150 valence electrons. The lowest BCUT2D eigenvalue weighted by atomic mass is 10.1. The molecule has 2 heterocycles. The third-order valence-corrected chi connectivity index (χ3v) is 3.92. The number of amides is 1. The second kappa shape index (κ2) is 9.07. The van der Waals surface area contributed by atoms with Crippen LogP contribution in [0.4, 0.5) is 15.8 Å². The molecule has 0 unspecified atom stereocenters. The Morgan fingerprint density at radius 1 is 1.17 bits per heavy atom. The highest BCUT2D eigenvalue weighted by molar-refractivity contribution is 5.99. The standard InChI is InChI=1S/C20H20FN5O3/c1-4-29-26-20(27)15-11-22-6-5-16(15)25-17-8-13(21)7-14(18(17)28-3)19-23-9-12(2)10-24-19/h5-11H,4H2,1-3H3,(H,22,25)(H,26,27). The van der Waals surface area contributed by atoms with Crippen LogP contribution in [0, 0.1) is 12.7 Å². The van der Waals surface area contributed by atoms with E-state index in [1.807, 2.05) is 6.92 Å². The predicted molar refractivity (Wildman–Crippen MR) is 105 cm³/mol. The molecule has 1 amide bonds. The van der Waals surface area contributed by atoms with Crippen molar-refractivity contribution >= 4 is 17.3 Å². The first-order valence-electron chi connectivity index (χ1n) is 8.83. The number of rotatable bonds is 7. The third kappa shape index (κ3) is 4.64. The Bertz CT molecular complexity index is 1010. The number of hydrogen-bond acceptors (Lipinski definition) is 7. The summed E-state index contributed by atoms with van der Waals surface area (Å²) in [4.78, 5) is 29.7. The number of carbonyl (C=O) groups is 1. The Balaban J connectivity index is 2.02. The Morgan fingerprint density at radius 2 is 1.93 bits per heavy atom. The van der Waals surface area contributed by atoms with E-state index in [1.165, 1.54) is 31.6 Å². The normalized spacial score (nSPS) is 10.5. The zero-order valence-electron chi connectivity index (χ0n) is 16.2. The number of nitrogens with one attached hydrogen (secondary N) is 2. The monoisotopic (exact) mass is 397 g/mol. The first-order valence-corrected chi connectivity index (χ1v) is 8.83. The van der Waals surface area contributed by atoms with E-state index >= 15 is 0 Å². The first kappa shape index (κ1) is 20.2. The van der Waals surface area contributed by atoms with Gasteiger partial charge in [0.15, 0.2) is 11.6 Å². The molecule has 2 aromatic heterocycles. The Kier molecular flexibility index (Phi) is 6.30. The molecule has 0 saturated carbocycles. The molecule has 0 atom stereocenters. The summed E-state index contributed by atoms with van der Waals surface area (Å²) in [5, 5.41) is 3.03. The number of nitrogens with zero attached hydrogens (tertiary/aromatic N) is 3. The van der Waals surface area contributed by atoms with Gasteiger partial charge >= 0.3 is 0 Å². The molecule has 0 aliphatic carbocycles. The lowest BCUT2D eigenvalue weighted by molar-refractivity contribution is 0.0365. The van der Waals surface area contributed by atoms with E-state index in [4.69, 9.17) is 9.57 Å². The minimum Gasteiger partial charge on any atom is -0.494 e. The highest BCUT2D eigenvalue weighted by atomic mass is 19.1. The molecule has 3 aromatic rings. The maximum atomic E-state index is 14.4. The molecule has 9 heteroatoms. The van der Waals surface area contributed by atoms with Crippen LogP contribution in [-0.4, -0.2) is 34.6 Å². The fourth-order valence-electron chi connectivity index (χ4n) is 2.63. The van der Waals surface area contributed by atoms with E-state index in [9.17, 15) is 9.18 Å². The van der Waals surface area contributed by atoms with Crippen molar-refractivity contribution in [3.8, 4) is 17.1 Å². The molecule has 0 saturated heterocycles. The number of ether oxygens (including phenoxy) is 1. The second-order valence-electron chi connectivity index (χ2n) is 6.03. The number of benzene rings is 1. The average Bonchev–Trinajstić information content (AvgIpc) is 2.72. The van der Waals surface area contributed by atoms with Gasteiger partial charge in [-0.3, -0.25) is 14.6 Å². The van der Waals surface area contributed by atoms with Gasteiger partial charge < -0.3 is 10.1 Å². The molecule has 0 aliphatic rings. The molecule has 2 N–H and O–H groups in total. The van der Waals surface area contributed by atoms with E-state index < -0.39 is 11.7 Å². The van der Waals surface area contributed by atoms with Crippen LogP contribution in [0.2, 0.25) is 0 Å². The number of anilines is 2. The fraction of sp³-hybridized carbons (Fsp3) is 0.200.